The molecule has 0 heterocycles. The molecule has 35 heavy (non-hydrogen) atoms. The van der Waals surface area contributed by atoms with Crippen LogP contribution in [0.15, 0.2) is 48.5 Å². The van der Waals surface area contributed by atoms with Crippen molar-refractivity contribution in [2.45, 2.75) is 38.2 Å². The van der Waals surface area contributed by atoms with Crippen molar-refractivity contribution in [1.29, 1.82) is 0 Å². The summed E-state index contributed by atoms with van der Waals surface area (Å²) in [5, 5.41) is 13.8. The molecular weight excluding hydrogens is 458 g/mol. The summed E-state index contributed by atoms with van der Waals surface area (Å²) in [6, 6.07) is 14.4. The van der Waals surface area contributed by atoms with E-state index in [0.717, 1.165) is 22.3 Å². The van der Waals surface area contributed by atoms with Crippen LogP contribution in [0.5, 0.6) is 0 Å². The molecule has 186 valence electrons. The fourth-order valence-corrected chi connectivity index (χ4v) is 4.80. The van der Waals surface area contributed by atoms with E-state index in [1.165, 1.54) is 0 Å². The number of carboxylic acids is 1. The minimum absolute atomic E-state index is 0.0397. The summed E-state index contributed by atoms with van der Waals surface area (Å²) in [5.41, 5.74) is 4.20. The molecule has 0 unspecified atom stereocenters. The molecule has 2 aromatic rings. The smallest absolute Gasteiger partial charge is 0.407 e. The number of benzene rings is 2. The highest BCUT2D eigenvalue weighted by Gasteiger charge is 2.71. The molecule has 2 amide bonds. The molecule has 0 bridgehead atoms. The highest BCUT2D eigenvalue weighted by atomic mass is 19.3. The molecule has 0 aliphatic heterocycles. The fourth-order valence-electron chi connectivity index (χ4n) is 4.80. The van der Waals surface area contributed by atoms with Gasteiger partial charge in [0.05, 0.1) is 5.92 Å². The zero-order chi connectivity index (χ0) is 25.3. The number of alkyl halides is 2. The van der Waals surface area contributed by atoms with Crippen molar-refractivity contribution in [3.05, 3.63) is 59.7 Å². The standard InChI is InChI=1S/C26H28F2N2O5/c1-14(2)11-21(24(32)33)30-23(31)22-20(26(22,27)28)12-29-25(34)35-13-19-17-9-5-3-7-15(17)16-8-4-6-10-18(16)19/h3-10,14,19-22H,11-13H2,1-2H3,(H,29,34)(H,30,31)(H,32,33)/t20-,21-,22-/m0/s1. The minimum Gasteiger partial charge on any atom is -0.480 e. The molecule has 0 spiro atoms. The summed E-state index contributed by atoms with van der Waals surface area (Å²) in [7, 11) is 0. The van der Waals surface area contributed by atoms with E-state index in [4.69, 9.17) is 4.74 Å². The van der Waals surface area contributed by atoms with E-state index in [9.17, 15) is 28.3 Å². The summed E-state index contributed by atoms with van der Waals surface area (Å²) in [6.07, 6.45) is -0.723. The maximum absolute atomic E-state index is 14.2. The summed E-state index contributed by atoms with van der Waals surface area (Å²) in [5.74, 6) is -8.94. The lowest BCUT2D eigenvalue weighted by Gasteiger charge is -2.16. The lowest BCUT2D eigenvalue weighted by atomic mass is 9.98. The molecule has 3 atom stereocenters. The van der Waals surface area contributed by atoms with Gasteiger partial charge in [0, 0.05) is 12.5 Å². The van der Waals surface area contributed by atoms with Crippen molar-refractivity contribution in [2.75, 3.05) is 13.2 Å². The van der Waals surface area contributed by atoms with E-state index in [2.05, 4.69) is 10.6 Å². The normalized spacial score (nSPS) is 20.5. The molecule has 7 nitrogen and oxygen atoms in total. The largest absolute Gasteiger partial charge is 0.480 e. The number of nitrogens with one attached hydrogen (secondary N) is 2. The predicted molar refractivity (Wildman–Crippen MR) is 124 cm³/mol. The average molecular weight is 487 g/mol. The second kappa shape index (κ2) is 9.64. The Balaban J connectivity index is 1.31. The highest BCUT2D eigenvalue weighted by Crippen LogP contribution is 2.55. The van der Waals surface area contributed by atoms with Crippen LogP contribution in [0.25, 0.3) is 11.1 Å². The quantitative estimate of drug-likeness (QED) is 0.497. The van der Waals surface area contributed by atoms with Gasteiger partial charge >= 0.3 is 12.1 Å². The number of carboxylic acid groups (broad SMARTS) is 1. The SMILES string of the molecule is CC(C)C[C@H](NC(=O)[C@@H]1[C@H](CNC(=O)OCC2c3ccccc3-c3ccccc32)C1(F)F)C(=O)O. The molecule has 2 aliphatic carbocycles. The van der Waals surface area contributed by atoms with Gasteiger partial charge in [0.25, 0.3) is 5.92 Å². The van der Waals surface area contributed by atoms with Gasteiger partial charge in [0.1, 0.15) is 18.6 Å². The molecule has 0 saturated heterocycles. The Bertz CT molecular complexity index is 1090. The molecule has 3 N–H and O–H groups in total. The first-order valence-corrected chi connectivity index (χ1v) is 11.6. The van der Waals surface area contributed by atoms with Crippen LogP contribution in [0.3, 0.4) is 0 Å². The third-order valence-corrected chi connectivity index (χ3v) is 6.62. The number of hydrogen-bond donors (Lipinski definition) is 3. The predicted octanol–water partition coefficient (Wildman–Crippen LogP) is 4.02. The summed E-state index contributed by atoms with van der Waals surface area (Å²) < 4.78 is 33.8. The highest BCUT2D eigenvalue weighted by molar-refractivity contribution is 5.88. The number of carbonyl (C=O) groups is 3. The van der Waals surface area contributed by atoms with Crippen LogP contribution in [-0.4, -0.2) is 48.2 Å². The minimum atomic E-state index is -3.33. The van der Waals surface area contributed by atoms with Gasteiger partial charge in [0.15, 0.2) is 0 Å². The van der Waals surface area contributed by atoms with E-state index < -0.39 is 48.3 Å². The molecule has 2 aromatic carbocycles. The van der Waals surface area contributed by atoms with Crippen molar-refractivity contribution < 1.29 is 33.0 Å². The average Bonchev–Trinajstić information content (AvgIpc) is 3.22. The van der Waals surface area contributed by atoms with Crippen LogP contribution in [-0.2, 0) is 14.3 Å². The third-order valence-electron chi connectivity index (χ3n) is 6.62. The van der Waals surface area contributed by atoms with Crippen molar-refractivity contribution in [1.82, 2.24) is 10.6 Å². The number of amides is 2. The lowest BCUT2D eigenvalue weighted by Crippen LogP contribution is -2.43. The van der Waals surface area contributed by atoms with Gasteiger partial charge in [-0.05, 0) is 34.6 Å². The maximum atomic E-state index is 14.2. The Morgan fingerprint density at radius 1 is 1.03 bits per heavy atom. The monoisotopic (exact) mass is 486 g/mol. The molecule has 1 saturated carbocycles. The van der Waals surface area contributed by atoms with E-state index in [1.807, 2.05) is 48.5 Å². The number of halogens is 2. The maximum Gasteiger partial charge on any atom is 0.407 e. The number of hydrogen-bond acceptors (Lipinski definition) is 4. The Morgan fingerprint density at radius 3 is 2.14 bits per heavy atom. The summed E-state index contributed by atoms with van der Waals surface area (Å²) >= 11 is 0. The molecule has 1 fully saturated rings. The van der Waals surface area contributed by atoms with Crippen molar-refractivity contribution in [3.63, 3.8) is 0 Å². The molecule has 9 heteroatoms. The second-order valence-corrected chi connectivity index (χ2v) is 9.49. The summed E-state index contributed by atoms with van der Waals surface area (Å²) in [6.45, 7) is 3.13. The lowest BCUT2D eigenvalue weighted by molar-refractivity contribution is -0.142. The summed E-state index contributed by atoms with van der Waals surface area (Å²) in [4.78, 5) is 35.9. The van der Waals surface area contributed by atoms with Crippen molar-refractivity contribution >= 4 is 18.0 Å². The molecular formula is C26H28F2N2O5. The topological polar surface area (TPSA) is 105 Å². The van der Waals surface area contributed by atoms with E-state index in [1.54, 1.807) is 13.8 Å². The van der Waals surface area contributed by atoms with Gasteiger partial charge in [0.2, 0.25) is 5.91 Å². The molecule has 0 aromatic heterocycles. The molecule has 4 rings (SSSR count). The number of alkyl carbamates (subject to hydrolysis) is 1. The van der Waals surface area contributed by atoms with Crippen LogP contribution in [0, 0.1) is 17.8 Å². The van der Waals surface area contributed by atoms with Crippen LogP contribution < -0.4 is 10.6 Å². The van der Waals surface area contributed by atoms with Gasteiger partial charge in [-0.1, -0.05) is 62.4 Å². The van der Waals surface area contributed by atoms with Gasteiger partial charge in [-0.2, -0.15) is 0 Å². The van der Waals surface area contributed by atoms with Crippen LogP contribution in [0.1, 0.15) is 37.3 Å². The fraction of sp³-hybridized carbons (Fsp3) is 0.423. The van der Waals surface area contributed by atoms with Crippen molar-refractivity contribution in [2.24, 2.45) is 17.8 Å². The Kier molecular flexibility index (Phi) is 6.78. The first kappa shape index (κ1) is 24.6. The number of rotatable bonds is 9. The van der Waals surface area contributed by atoms with Gasteiger partial charge in [-0.25, -0.2) is 18.4 Å². The van der Waals surface area contributed by atoms with Gasteiger partial charge in [-0.3, -0.25) is 4.79 Å². The number of fused-ring (bicyclic) bond motifs is 3. The van der Waals surface area contributed by atoms with Crippen LogP contribution in [0.4, 0.5) is 13.6 Å². The first-order valence-electron chi connectivity index (χ1n) is 11.6. The van der Waals surface area contributed by atoms with Crippen LogP contribution >= 0.6 is 0 Å². The van der Waals surface area contributed by atoms with Gasteiger partial charge in [-0.15, -0.1) is 0 Å². The van der Waals surface area contributed by atoms with E-state index in [-0.39, 0.29) is 24.9 Å². The number of aliphatic carboxylic acids is 1. The van der Waals surface area contributed by atoms with E-state index >= 15 is 0 Å². The zero-order valence-corrected chi connectivity index (χ0v) is 19.5. The molecule has 2 aliphatic rings. The Morgan fingerprint density at radius 2 is 1.60 bits per heavy atom. The third kappa shape index (κ3) is 4.99. The molecule has 0 radical (unpaired) electrons. The first-order chi connectivity index (χ1) is 16.6. The second-order valence-electron chi connectivity index (χ2n) is 9.49. The van der Waals surface area contributed by atoms with Gasteiger partial charge < -0.3 is 20.5 Å². The van der Waals surface area contributed by atoms with Crippen LogP contribution in [0.2, 0.25) is 0 Å². The Hall–Kier alpha value is -3.49. The zero-order valence-electron chi connectivity index (χ0n) is 19.5. The number of ether oxygens (including phenoxy) is 1. The van der Waals surface area contributed by atoms with Crippen molar-refractivity contribution in [3.8, 4) is 11.1 Å². The van der Waals surface area contributed by atoms with E-state index in [0.29, 0.717) is 0 Å². The Labute approximate surface area is 201 Å². The number of carbonyl (C=O) groups excluding carboxylic acids is 2.